The number of carboxylic acids is 1. The van der Waals surface area contributed by atoms with Gasteiger partial charge >= 0.3 is 5.97 Å². The van der Waals surface area contributed by atoms with Crippen LogP contribution in [0.4, 0.5) is 21.5 Å². The minimum Gasteiger partial charge on any atom is -0.495 e. The zero-order valence-corrected chi connectivity index (χ0v) is 12.6. The van der Waals surface area contributed by atoms with Crippen LogP contribution in [-0.4, -0.2) is 18.2 Å². The maximum atomic E-state index is 13.9. The van der Waals surface area contributed by atoms with E-state index in [9.17, 15) is 9.18 Å². The summed E-state index contributed by atoms with van der Waals surface area (Å²) >= 11 is 3.30. The maximum Gasteiger partial charge on any atom is 0.337 e. The summed E-state index contributed by atoms with van der Waals surface area (Å²) in [5, 5.41) is 11.8. The molecular weight excluding hydrogens is 343 g/mol. The highest BCUT2D eigenvalue weighted by atomic mass is 79.9. The van der Waals surface area contributed by atoms with Crippen molar-refractivity contribution < 1.29 is 19.0 Å². The first kappa shape index (κ1) is 15.1. The molecule has 2 rings (SSSR count). The molecule has 7 heteroatoms. The second-order valence-electron chi connectivity index (χ2n) is 4.19. The van der Waals surface area contributed by atoms with E-state index in [-0.39, 0.29) is 16.9 Å². The highest BCUT2D eigenvalue weighted by Gasteiger charge is 2.14. The molecule has 0 radical (unpaired) electrons. The van der Waals surface area contributed by atoms with Gasteiger partial charge < -0.3 is 20.9 Å². The third-order valence-electron chi connectivity index (χ3n) is 2.80. The highest BCUT2D eigenvalue weighted by molar-refractivity contribution is 9.10. The molecule has 0 fully saturated rings. The van der Waals surface area contributed by atoms with Crippen molar-refractivity contribution in [3.8, 4) is 5.75 Å². The summed E-state index contributed by atoms with van der Waals surface area (Å²) in [5.74, 6) is -1.39. The molecule has 4 N–H and O–H groups in total. The van der Waals surface area contributed by atoms with E-state index in [4.69, 9.17) is 15.6 Å². The summed E-state index contributed by atoms with van der Waals surface area (Å²) in [5.41, 5.74) is 5.67. The molecule has 0 atom stereocenters. The number of nitrogen functional groups attached to an aromatic ring is 1. The van der Waals surface area contributed by atoms with E-state index >= 15 is 0 Å². The summed E-state index contributed by atoms with van der Waals surface area (Å²) in [4.78, 5) is 11.1. The van der Waals surface area contributed by atoms with Crippen LogP contribution in [0.15, 0.2) is 34.8 Å². The topological polar surface area (TPSA) is 84.6 Å². The molecule has 5 nitrogen and oxygen atoms in total. The quantitative estimate of drug-likeness (QED) is 0.730. The Bertz CT molecular complexity index is 707. The number of hydrogen-bond acceptors (Lipinski definition) is 4. The van der Waals surface area contributed by atoms with Crippen molar-refractivity contribution in [2.24, 2.45) is 0 Å². The van der Waals surface area contributed by atoms with Crippen molar-refractivity contribution in [3.05, 3.63) is 46.2 Å². The maximum absolute atomic E-state index is 13.9. The van der Waals surface area contributed by atoms with Crippen LogP contribution in [0, 0.1) is 5.82 Å². The van der Waals surface area contributed by atoms with Gasteiger partial charge in [-0.15, -0.1) is 0 Å². The number of ether oxygens (including phenoxy) is 1. The monoisotopic (exact) mass is 354 g/mol. The van der Waals surface area contributed by atoms with Crippen molar-refractivity contribution in [1.29, 1.82) is 0 Å². The van der Waals surface area contributed by atoms with Crippen LogP contribution < -0.4 is 15.8 Å². The number of halogens is 2. The Hall–Kier alpha value is -2.28. The highest BCUT2D eigenvalue weighted by Crippen LogP contribution is 2.32. The lowest BCUT2D eigenvalue weighted by molar-refractivity contribution is 0.0698. The van der Waals surface area contributed by atoms with Crippen molar-refractivity contribution in [3.63, 3.8) is 0 Å². The van der Waals surface area contributed by atoms with Gasteiger partial charge in [-0.1, -0.05) is 15.9 Å². The van der Waals surface area contributed by atoms with E-state index in [1.807, 2.05) is 0 Å². The number of benzene rings is 2. The van der Waals surface area contributed by atoms with Gasteiger partial charge in [-0.3, -0.25) is 0 Å². The van der Waals surface area contributed by atoms with Crippen LogP contribution >= 0.6 is 15.9 Å². The van der Waals surface area contributed by atoms with Crippen LogP contribution in [0.3, 0.4) is 0 Å². The third-order valence-corrected chi connectivity index (χ3v) is 3.29. The van der Waals surface area contributed by atoms with Crippen molar-refractivity contribution in [2.45, 2.75) is 0 Å². The molecule has 2 aromatic rings. The Kier molecular flexibility index (Phi) is 4.32. The van der Waals surface area contributed by atoms with Gasteiger partial charge in [0.1, 0.15) is 11.6 Å². The first-order chi connectivity index (χ1) is 9.92. The van der Waals surface area contributed by atoms with Gasteiger partial charge in [0.2, 0.25) is 0 Å². The lowest BCUT2D eigenvalue weighted by Crippen LogP contribution is -2.05. The molecule has 0 unspecified atom stereocenters. The second kappa shape index (κ2) is 6.01. The zero-order valence-electron chi connectivity index (χ0n) is 11.0. The van der Waals surface area contributed by atoms with E-state index in [0.29, 0.717) is 11.4 Å². The molecule has 0 aliphatic rings. The average Bonchev–Trinajstić information content (AvgIpc) is 2.41. The van der Waals surface area contributed by atoms with Gasteiger partial charge in [-0.05, 0) is 30.3 Å². The molecule has 0 heterocycles. The molecule has 0 amide bonds. The Morgan fingerprint density at radius 2 is 2.05 bits per heavy atom. The standard InChI is InChI=1S/C14H12BrFN2O3/c1-21-13-3-2-7(15)4-12(13)18-11-5-8(14(19)20)10(17)6-9(11)16/h2-6,18H,17H2,1H3,(H,19,20). The normalized spacial score (nSPS) is 10.2. The Morgan fingerprint density at radius 1 is 1.33 bits per heavy atom. The number of aromatic carboxylic acids is 1. The molecule has 0 bridgehead atoms. The van der Waals surface area contributed by atoms with Gasteiger partial charge in [-0.2, -0.15) is 0 Å². The van der Waals surface area contributed by atoms with Crippen molar-refractivity contribution in [1.82, 2.24) is 0 Å². The van der Waals surface area contributed by atoms with E-state index in [2.05, 4.69) is 21.2 Å². The predicted molar refractivity (Wildman–Crippen MR) is 81.7 cm³/mol. The lowest BCUT2D eigenvalue weighted by Gasteiger charge is -2.13. The molecule has 0 aromatic heterocycles. The van der Waals surface area contributed by atoms with E-state index in [1.165, 1.54) is 7.11 Å². The van der Waals surface area contributed by atoms with E-state index in [1.54, 1.807) is 18.2 Å². The fraction of sp³-hybridized carbons (Fsp3) is 0.0714. The summed E-state index contributed by atoms with van der Waals surface area (Å²) in [7, 11) is 1.48. The Labute approximate surface area is 128 Å². The number of methoxy groups -OCH3 is 1. The molecule has 0 aliphatic carbocycles. The number of carboxylic acid groups (broad SMARTS) is 1. The summed E-state index contributed by atoms with van der Waals surface area (Å²) in [6.07, 6.45) is 0. The van der Waals surface area contributed by atoms with Crippen LogP contribution in [-0.2, 0) is 0 Å². The second-order valence-corrected chi connectivity index (χ2v) is 5.11. The number of nitrogens with one attached hydrogen (secondary N) is 1. The molecule has 0 saturated carbocycles. The Morgan fingerprint density at radius 3 is 2.67 bits per heavy atom. The molecule has 21 heavy (non-hydrogen) atoms. The number of rotatable bonds is 4. The largest absolute Gasteiger partial charge is 0.495 e. The van der Waals surface area contributed by atoms with E-state index in [0.717, 1.165) is 16.6 Å². The first-order valence-electron chi connectivity index (χ1n) is 5.85. The molecule has 0 spiro atoms. The number of anilines is 3. The molecule has 0 aliphatic heterocycles. The smallest absolute Gasteiger partial charge is 0.337 e. The van der Waals surface area contributed by atoms with Gasteiger partial charge in [0.15, 0.2) is 0 Å². The zero-order chi connectivity index (χ0) is 15.6. The van der Waals surface area contributed by atoms with Gasteiger partial charge in [0.05, 0.1) is 24.0 Å². The van der Waals surface area contributed by atoms with E-state index < -0.39 is 11.8 Å². The fourth-order valence-corrected chi connectivity index (χ4v) is 2.15. The molecule has 0 saturated heterocycles. The predicted octanol–water partition coefficient (Wildman–Crippen LogP) is 3.62. The number of carbonyl (C=O) groups is 1. The van der Waals surface area contributed by atoms with Crippen molar-refractivity contribution >= 4 is 39.0 Å². The minimum absolute atomic E-state index is 0.00185. The third kappa shape index (κ3) is 3.25. The SMILES string of the molecule is COc1ccc(Br)cc1Nc1cc(C(=O)O)c(N)cc1F. The van der Waals surface area contributed by atoms with Gasteiger partial charge in [0, 0.05) is 10.2 Å². The molecule has 2 aromatic carbocycles. The summed E-state index contributed by atoms with van der Waals surface area (Å²) in [6.45, 7) is 0. The lowest BCUT2D eigenvalue weighted by atomic mass is 10.1. The summed E-state index contributed by atoms with van der Waals surface area (Å²) < 4.78 is 19.9. The Balaban J connectivity index is 2.46. The average molecular weight is 355 g/mol. The van der Waals surface area contributed by atoms with Crippen LogP contribution in [0.1, 0.15) is 10.4 Å². The van der Waals surface area contributed by atoms with Crippen LogP contribution in [0.5, 0.6) is 5.75 Å². The number of hydrogen-bond donors (Lipinski definition) is 3. The van der Waals surface area contributed by atoms with Gasteiger partial charge in [-0.25, -0.2) is 9.18 Å². The molecule has 110 valence electrons. The van der Waals surface area contributed by atoms with Gasteiger partial charge in [0.25, 0.3) is 0 Å². The molecular formula is C14H12BrFN2O3. The summed E-state index contributed by atoms with van der Waals surface area (Å²) in [6, 6.07) is 7.27. The van der Waals surface area contributed by atoms with Crippen molar-refractivity contribution in [2.75, 3.05) is 18.2 Å². The minimum atomic E-state index is -1.23. The van der Waals surface area contributed by atoms with Crippen LogP contribution in [0.2, 0.25) is 0 Å². The fourth-order valence-electron chi connectivity index (χ4n) is 1.79. The first-order valence-corrected chi connectivity index (χ1v) is 6.64. The van der Waals surface area contributed by atoms with Crippen LogP contribution in [0.25, 0.3) is 0 Å². The number of nitrogens with two attached hydrogens (primary N) is 1.